The molecule has 0 aliphatic carbocycles. The summed E-state index contributed by atoms with van der Waals surface area (Å²) in [6.45, 7) is 0.801. The second-order valence-corrected chi connectivity index (χ2v) is 5.94. The van der Waals surface area contributed by atoms with Gasteiger partial charge in [-0.15, -0.1) is 0 Å². The second kappa shape index (κ2) is 6.89. The second-order valence-electron chi connectivity index (χ2n) is 5.94. The highest BCUT2D eigenvalue weighted by Gasteiger charge is 2.43. The number of allylic oxidation sites excluding steroid dienone is 1. The minimum Gasteiger partial charge on any atom is -0.757 e. The zero-order valence-electron chi connectivity index (χ0n) is 13.7. The normalized spacial score (nSPS) is 18.2. The maximum Gasteiger partial charge on any atom is 0.159 e. The molecule has 1 aliphatic rings. The molecule has 3 rings (SSSR count). The van der Waals surface area contributed by atoms with Crippen LogP contribution >= 0.6 is 0 Å². The van der Waals surface area contributed by atoms with Crippen LogP contribution in [0, 0.1) is 22.8 Å². The molecule has 0 radical (unpaired) electrons. The molecule has 0 saturated heterocycles. The van der Waals surface area contributed by atoms with E-state index < -0.39 is 29.0 Å². The van der Waals surface area contributed by atoms with E-state index in [0.29, 0.717) is 17.3 Å². The van der Waals surface area contributed by atoms with Crippen molar-refractivity contribution in [1.82, 2.24) is 19.8 Å². The lowest BCUT2D eigenvalue weighted by Gasteiger charge is -2.37. The van der Waals surface area contributed by atoms with Crippen LogP contribution in [0.5, 0.6) is 0 Å². The van der Waals surface area contributed by atoms with Crippen LogP contribution in [0.25, 0.3) is 0 Å². The Hall–Kier alpha value is -2.72. The van der Waals surface area contributed by atoms with Crippen molar-refractivity contribution in [2.75, 3.05) is 6.67 Å². The molecule has 26 heavy (non-hydrogen) atoms. The maximum atomic E-state index is 14.4. The van der Waals surface area contributed by atoms with E-state index in [9.17, 15) is 23.5 Å². The first-order chi connectivity index (χ1) is 12.3. The Morgan fingerprint density at radius 3 is 2.73 bits per heavy atom. The minimum absolute atomic E-state index is 0.191. The van der Waals surface area contributed by atoms with E-state index in [1.54, 1.807) is 0 Å². The van der Waals surface area contributed by atoms with Crippen LogP contribution in [0.2, 0.25) is 0 Å². The van der Waals surface area contributed by atoms with Crippen LogP contribution in [0.1, 0.15) is 12.5 Å². The van der Waals surface area contributed by atoms with E-state index in [1.165, 1.54) is 24.3 Å². The third-order valence-electron chi connectivity index (χ3n) is 4.28. The van der Waals surface area contributed by atoms with Crippen molar-refractivity contribution >= 4 is 5.71 Å². The molecule has 1 aromatic heterocycles. The molecule has 2 atom stereocenters. The lowest BCUT2D eigenvalue weighted by molar-refractivity contribution is -0.0162. The molecular formula is C16H15F3N5O2-. The van der Waals surface area contributed by atoms with Crippen molar-refractivity contribution in [3.8, 4) is 0 Å². The fourth-order valence-corrected chi connectivity index (χ4v) is 2.88. The van der Waals surface area contributed by atoms with Crippen LogP contribution in [0.15, 0.2) is 47.9 Å². The van der Waals surface area contributed by atoms with Gasteiger partial charge in [-0.25, -0.2) is 22.8 Å². The molecule has 138 valence electrons. The minimum atomic E-state index is -2.03. The number of hydrogen-bond acceptors (Lipinski definition) is 6. The number of hydrogen-bond donors (Lipinski definition) is 1. The van der Waals surface area contributed by atoms with Gasteiger partial charge in [0.1, 0.15) is 29.9 Å². The van der Waals surface area contributed by atoms with Gasteiger partial charge in [0.05, 0.1) is 18.9 Å². The van der Waals surface area contributed by atoms with Crippen LogP contribution in [-0.4, -0.2) is 37.3 Å². The van der Waals surface area contributed by atoms with Crippen molar-refractivity contribution < 1.29 is 18.3 Å². The predicted octanol–water partition coefficient (Wildman–Crippen LogP) is 2.10. The number of aromatic nitrogens is 3. The van der Waals surface area contributed by atoms with Gasteiger partial charge in [-0.05, 0) is 6.07 Å². The zero-order chi connectivity index (χ0) is 18.9. The summed E-state index contributed by atoms with van der Waals surface area (Å²) in [5.41, 5.74) is -2.47. The van der Waals surface area contributed by atoms with Gasteiger partial charge in [-0.2, -0.15) is 5.10 Å². The zero-order valence-corrected chi connectivity index (χ0v) is 13.7. The summed E-state index contributed by atoms with van der Waals surface area (Å²) in [5, 5.41) is 26.7. The van der Waals surface area contributed by atoms with Gasteiger partial charge >= 0.3 is 0 Å². The van der Waals surface area contributed by atoms with Gasteiger partial charge < -0.3 is 15.4 Å². The van der Waals surface area contributed by atoms with Crippen molar-refractivity contribution in [3.63, 3.8) is 0 Å². The Balaban J connectivity index is 2.07. The Labute approximate surface area is 146 Å². The molecule has 0 saturated carbocycles. The van der Waals surface area contributed by atoms with Crippen molar-refractivity contribution in [1.29, 1.82) is 0 Å². The van der Waals surface area contributed by atoms with E-state index in [1.807, 2.05) is 0 Å². The molecule has 0 bridgehead atoms. The van der Waals surface area contributed by atoms with Crippen LogP contribution in [0.3, 0.4) is 0 Å². The van der Waals surface area contributed by atoms with Gasteiger partial charge in [0.25, 0.3) is 0 Å². The summed E-state index contributed by atoms with van der Waals surface area (Å²) < 4.78 is 43.2. The highest BCUT2D eigenvalue weighted by molar-refractivity contribution is 6.01. The predicted molar refractivity (Wildman–Crippen MR) is 86.1 cm³/mol. The average Bonchev–Trinajstić information content (AvgIpc) is 3.06. The number of rotatable bonds is 5. The lowest BCUT2D eigenvalue weighted by atomic mass is 9.78. The molecule has 1 aromatic carbocycles. The van der Waals surface area contributed by atoms with Crippen LogP contribution in [-0.2, 0) is 12.1 Å². The SMILES string of the molecule is CC(C1=NCN([O-])C=C1F)C(O)(Cn1cncn1)c1ccc(F)cc1F. The fourth-order valence-electron chi connectivity index (χ4n) is 2.88. The molecule has 7 nitrogen and oxygen atoms in total. The van der Waals surface area contributed by atoms with Gasteiger partial charge in [0.2, 0.25) is 0 Å². The smallest absolute Gasteiger partial charge is 0.159 e. The van der Waals surface area contributed by atoms with E-state index in [0.717, 1.165) is 12.1 Å². The highest BCUT2D eigenvalue weighted by atomic mass is 19.1. The summed E-state index contributed by atoms with van der Waals surface area (Å²) in [6.07, 6.45) is 3.23. The Kier molecular flexibility index (Phi) is 4.79. The number of nitrogens with zero attached hydrogens (tertiary/aromatic N) is 5. The van der Waals surface area contributed by atoms with Gasteiger partial charge in [-0.1, -0.05) is 13.0 Å². The Morgan fingerprint density at radius 2 is 2.12 bits per heavy atom. The Bertz CT molecular complexity index is 856. The third kappa shape index (κ3) is 3.33. The monoisotopic (exact) mass is 366 g/mol. The summed E-state index contributed by atoms with van der Waals surface area (Å²) in [6, 6.07) is 2.71. The summed E-state index contributed by atoms with van der Waals surface area (Å²) >= 11 is 0. The number of hydroxylamine groups is 2. The largest absolute Gasteiger partial charge is 0.757 e. The van der Waals surface area contributed by atoms with E-state index in [-0.39, 0.29) is 24.5 Å². The quantitative estimate of drug-likeness (QED) is 0.875. The summed E-state index contributed by atoms with van der Waals surface area (Å²) in [7, 11) is 0. The molecule has 0 fully saturated rings. The first-order valence-corrected chi connectivity index (χ1v) is 7.67. The van der Waals surface area contributed by atoms with Crippen molar-refractivity contribution in [3.05, 3.63) is 65.3 Å². The summed E-state index contributed by atoms with van der Waals surface area (Å²) in [4.78, 5) is 7.60. The first kappa shape index (κ1) is 18.1. The van der Waals surface area contributed by atoms with Crippen molar-refractivity contribution in [2.45, 2.75) is 19.1 Å². The summed E-state index contributed by atoms with van der Waals surface area (Å²) in [5.74, 6) is -3.81. The molecule has 0 spiro atoms. The van der Waals surface area contributed by atoms with Gasteiger partial charge in [0.15, 0.2) is 5.83 Å². The molecule has 10 heteroatoms. The lowest BCUT2D eigenvalue weighted by Crippen LogP contribution is -2.44. The van der Waals surface area contributed by atoms with Gasteiger partial charge in [0, 0.05) is 23.7 Å². The molecule has 0 amide bonds. The molecule has 2 heterocycles. The number of aliphatic imine (C=N–C) groups is 1. The Morgan fingerprint density at radius 1 is 1.35 bits per heavy atom. The molecule has 2 aromatic rings. The molecule has 1 N–H and O–H groups in total. The maximum absolute atomic E-state index is 14.4. The standard InChI is InChI=1S/C16H15F3N5O2/c1-10(15-14(19)5-24(26)9-21-15)16(25,6-23-8-20-7-22-23)12-3-2-11(17)4-13(12)18/h2-5,7-8,10,25H,6,9H2,1H3/q-1. The number of halogens is 3. The van der Waals surface area contributed by atoms with E-state index in [2.05, 4.69) is 15.1 Å². The van der Waals surface area contributed by atoms with E-state index in [4.69, 9.17) is 0 Å². The van der Waals surface area contributed by atoms with Crippen LogP contribution in [0.4, 0.5) is 13.2 Å². The first-order valence-electron chi connectivity index (χ1n) is 7.67. The fraction of sp³-hybridized carbons (Fsp3) is 0.312. The van der Waals surface area contributed by atoms with Gasteiger partial charge in [-0.3, -0.25) is 4.99 Å². The third-order valence-corrected chi connectivity index (χ3v) is 4.28. The van der Waals surface area contributed by atoms with Crippen molar-refractivity contribution in [2.24, 2.45) is 10.9 Å². The topological polar surface area (TPSA) is 89.6 Å². The molecule has 1 aliphatic heterocycles. The highest BCUT2D eigenvalue weighted by Crippen LogP contribution is 2.36. The number of benzene rings is 1. The molecular weight excluding hydrogens is 351 g/mol. The molecule has 2 unspecified atom stereocenters. The van der Waals surface area contributed by atoms with Crippen LogP contribution < -0.4 is 0 Å². The van der Waals surface area contributed by atoms with E-state index >= 15 is 0 Å². The average molecular weight is 366 g/mol. The number of aliphatic hydroxyl groups is 1.